The van der Waals surface area contributed by atoms with E-state index in [2.05, 4.69) is 0 Å². The van der Waals surface area contributed by atoms with Gasteiger partial charge in [-0.05, 0) is 18.6 Å². The molecule has 1 atom stereocenters. The van der Waals surface area contributed by atoms with Gasteiger partial charge in [0.25, 0.3) is 0 Å². The Bertz CT molecular complexity index is 544. The molecule has 1 saturated heterocycles. The predicted octanol–water partition coefficient (Wildman–Crippen LogP) is 1.57. The fourth-order valence-corrected chi connectivity index (χ4v) is 2.33. The van der Waals surface area contributed by atoms with Gasteiger partial charge >= 0.3 is 5.69 Å². The lowest BCUT2D eigenvalue weighted by molar-refractivity contribution is -0.387. The van der Waals surface area contributed by atoms with Crippen LogP contribution in [0.15, 0.2) is 18.2 Å². The van der Waals surface area contributed by atoms with Gasteiger partial charge in [-0.2, -0.15) is 4.39 Å². The first-order valence-electron chi connectivity index (χ1n) is 6.76. The summed E-state index contributed by atoms with van der Waals surface area (Å²) in [5.74, 6) is -0.950. The highest BCUT2D eigenvalue weighted by Gasteiger charge is 2.23. The van der Waals surface area contributed by atoms with Crippen molar-refractivity contribution in [3.8, 4) is 0 Å². The average Bonchev–Trinajstić information content (AvgIpc) is 2.47. The fourth-order valence-electron chi connectivity index (χ4n) is 2.33. The molecule has 0 spiro atoms. The fraction of sp³-hybridized carbons (Fsp3) is 0.500. The molecule has 0 radical (unpaired) electrons. The smallest absolute Gasteiger partial charge is 0.304 e. The van der Waals surface area contributed by atoms with Crippen molar-refractivity contribution in [3.05, 3.63) is 39.7 Å². The first kappa shape index (κ1) is 15.5. The second kappa shape index (κ2) is 6.73. The molecule has 1 aliphatic rings. The summed E-state index contributed by atoms with van der Waals surface area (Å²) < 4.78 is 18.8. The zero-order valence-electron chi connectivity index (χ0n) is 11.8. The Balaban J connectivity index is 2.01. The van der Waals surface area contributed by atoms with Gasteiger partial charge in [0.1, 0.15) is 0 Å². The van der Waals surface area contributed by atoms with Crippen molar-refractivity contribution in [1.82, 2.24) is 4.90 Å². The summed E-state index contributed by atoms with van der Waals surface area (Å²) in [6.07, 6.45) is 0.0629. The molecule has 1 aromatic rings. The van der Waals surface area contributed by atoms with Crippen LogP contribution in [0.25, 0.3) is 0 Å². The molecule has 1 heterocycles. The standard InChI is InChI=1S/C14H17FN2O4/c1-10(16-4-6-21-7-5-16)14(18)9-11-2-3-13(17(19)20)12(15)8-11/h2-3,8,10H,4-7,9H2,1H3/t10-/m0/s1. The summed E-state index contributed by atoms with van der Waals surface area (Å²) in [5, 5.41) is 10.6. The number of rotatable bonds is 5. The van der Waals surface area contributed by atoms with Crippen LogP contribution >= 0.6 is 0 Å². The van der Waals surface area contributed by atoms with E-state index in [1.807, 2.05) is 11.8 Å². The minimum atomic E-state index is -0.913. The van der Waals surface area contributed by atoms with Crippen LogP contribution in [0.3, 0.4) is 0 Å². The lowest BCUT2D eigenvalue weighted by Gasteiger charge is -2.31. The molecule has 0 unspecified atom stereocenters. The second-order valence-corrected chi connectivity index (χ2v) is 5.01. The van der Waals surface area contributed by atoms with E-state index in [9.17, 15) is 19.3 Å². The van der Waals surface area contributed by atoms with Crippen molar-refractivity contribution in [1.29, 1.82) is 0 Å². The number of carbonyl (C=O) groups is 1. The lowest BCUT2D eigenvalue weighted by atomic mass is 10.0. The number of benzene rings is 1. The second-order valence-electron chi connectivity index (χ2n) is 5.01. The van der Waals surface area contributed by atoms with Crippen LogP contribution in [0.5, 0.6) is 0 Å². The molecule has 6 nitrogen and oxygen atoms in total. The van der Waals surface area contributed by atoms with Crippen molar-refractivity contribution in [2.75, 3.05) is 26.3 Å². The molecule has 21 heavy (non-hydrogen) atoms. The van der Waals surface area contributed by atoms with Crippen molar-refractivity contribution >= 4 is 11.5 Å². The van der Waals surface area contributed by atoms with Crippen LogP contribution in [0.4, 0.5) is 10.1 Å². The zero-order valence-corrected chi connectivity index (χ0v) is 11.8. The third kappa shape index (κ3) is 3.83. The van der Waals surface area contributed by atoms with Gasteiger partial charge in [0, 0.05) is 25.6 Å². The highest BCUT2D eigenvalue weighted by atomic mass is 19.1. The molecule has 0 N–H and O–H groups in total. The van der Waals surface area contributed by atoms with E-state index in [1.54, 1.807) is 0 Å². The maximum absolute atomic E-state index is 13.5. The van der Waals surface area contributed by atoms with Crippen molar-refractivity contribution in [3.63, 3.8) is 0 Å². The molecule has 0 aliphatic carbocycles. The molecule has 1 aromatic carbocycles. The van der Waals surface area contributed by atoms with Crippen molar-refractivity contribution in [2.24, 2.45) is 0 Å². The number of carbonyl (C=O) groups excluding carboxylic acids is 1. The van der Waals surface area contributed by atoms with Gasteiger partial charge in [0.2, 0.25) is 5.82 Å². The number of nitro groups is 1. The number of nitro benzene ring substituents is 1. The number of nitrogens with zero attached hydrogens (tertiary/aromatic N) is 2. The minimum Gasteiger partial charge on any atom is -0.379 e. The predicted molar refractivity (Wildman–Crippen MR) is 73.6 cm³/mol. The summed E-state index contributed by atoms with van der Waals surface area (Å²) in [7, 11) is 0. The molecule has 114 valence electrons. The Morgan fingerprint density at radius 3 is 2.71 bits per heavy atom. The third-order valence-electron chi connectivity index (χ3n) is 3.65. The zero-order chi connectivity index (χ0) is 15.4. The monoisotopic (exact) mass is 296 g/mol. The van der Waals surface area contributed by atoms with Crippen LogP contribution in [0, 0.1) is 15.9 Å². The van der Waals surface area contributed by atoms with E-state index in [1.165, 1.54) is 6.07 Å². The normalized spacial score (nSPS) is 17.4. The topological polar surface area (TPSA) is 72.7 Å². The number of morpholine rings is 1. The van der Waals surface area contributed by atoms with E-state index in [4.69, 9.17) is 4.74 Å². The Morgan fingerprint density at radius 2 is 2.14 bits per heavy atom. The molecular formula is C14H17FN2O4. The van der Waals surface area contributed by atoms with Crippen molar-refractivity contribution in [2.45, 2.75) is 19.4 Å². The molecule has 0 saturated carbocycles. The lowest BCUT2D eigenvalue weighted by Crippen LogP contribution is -2.46. The highest BCUT2D eigenvalue weighted by Crippen LogP contribution is 2.19. The first-order valence-corrected chi connectivity index (χ1v) is 6.76. The summed E-state index contributed by atoms with van der Waals surface area (Å²) in [6.45, 7) is 4.41. The molecule has 7 heteroatoms. The average molecular weight is 296 g/mol. The van der Waals surface area contributed by atoms with Gasteiger partial charge < -0.3 is 4.74 Å². The Kier molecular flexibility index (Phi) is 4.98. The van der Waals surface area contributed by atoms with Crippen LogP contribution < -0.4 is 0 Å². The van der Waals surface area contributed by atoms with Crippen LogP contribution in [0.2, 0.25) is 0 Å². The quantitative estimate of drug-likeness (QED) is 0.609. The maximum Gasteiger partial charge on any atom is 0.304 e. The van der Waals surface area contributed by atoms with Crippen molar-refractivity contribution < 1.29 is 18.8 Å². The number of ether oxygens (including phenoxy) is 1. The van der Waals surface area contributed by atoms with Gasteiger partial charge in [0.05, 0.1) is 24.2 Å². The molecule has 2 rings (SSSR count). The Morgan fingerprint density at radius 1 is 1.48 bits per heavy atom. The molecule has 0 bridgehead atoms. The third-order valence-corrected chi connectivity index (χ3v) is 3.65. The largest absolute Gasteiger partial charge is 0.379 e. The Labute approximate surface area is 121 Å². The molecule has 0 amide bonds. The summed E-state index contributed by atoms with van der Waals surface area (Å²) in [5.41, 5.74) is -0.129. The van der Waals surface area contributed by atoms with E-state index in [0.29, 0.717) is 31.9 Å². The summed E-state index contributed by atoms with van der Waals surface area (Å²) in [6, 6.07) is 3.30. The number of hydrogen-bond donors (Lipinski definition) is 0. The van der Waals surface area contributed by atoms with Gasteiger partial charge in [-0.1, -0.05) is 6.07 Å². The van der Waals surface area contributed by atoms with Crippen LogP contribution in [-0.4, -0.2) is 48.0 Å². The molecule has 1 fully saturated rings. The van der Waals surface area contributed by atoms with Gasteiger partial charge in [-0.25, -0.2) is 0 Å². The minimum absolute atomic E-state index is 0.0369. The summed E-state index contributed by atoms with van der Waals surface area (Å²) in [4.78, 5) is 24.0. The number of ketones is 1. The SMILES string of the molecule is C[C@@H](C(=O)Cc1ccc([N+](=O)[O-])c(F)c1)N1CCOCC1. The van der Waals surface area contributed by atoms with Crippen LogP contribution in [0.1, 0.15) is 12.5 Å². The molecule has 1 aliphatic heterocycles. The van der Waals surface area contributed by atoms with E-state index in [0.717, 1.165) is 12.1 Å². The van der Waals surface area contributed by atoms with Gasteiger partial charge in [0.15, 0.2) is 5.78 Å². The Hall–Kier alpha value is -1.86. The number of Topliss-reactive ketones (excluding diaryl/α,β-unsaturated/α-hetero) is 1. The van der Waals surface area contributed by atoms with E-state index >= 15 is 0 Å². The van der Waals surface area contributed by atoms with Gasteiger partial charge in [-0.3, -0.25) is 19.8 Å². The highest BCUT2D eigenvalue weighted by molar-refractivity contribution is 5.85. The maximum atomic E-state index is 13.5. The van der Waals surface area contributed by atoms with E-state index in [-0.39, 0.29) is 18.2 Å². The summed E-state index contributed by atoms with van der Waals surface area (Å²) >= 11 is 0. The first-order chi connectivity index (χ1) is 9.99. The number of hydrogen-bond acceptors (Lipinski definition) is 5. The molecule has 0 aromatic heterocycles. The van der Waals surface area contributed by atoms with Crippen LogP contribution in [-0.2, 0) is 16.0 Å². The van der Waals surface area contributed by atoms with Gasteiger partial charge in [-0.15, -0.1) is 0 Å². The number of halogens is 1. The molecular weight excluding hydrogens is 279 g/mol. The van der Waals surface area contributed by atoms with E-state index < -0.39 is 16.4 Å².